The summed E-state index contributed by atoms with van der Waals surface area (Å²) in [6.45, 7) is 4.32. The first-order valence-corrected chi connectivity index (χ1v) is 4.57. The van der Waals surface area contributed by atoms with Crippen LogP contribution in [-0.2, 0) is 0 Å². The standard InChI is InChI=1S/C9H14N4/c1-12-5-7-13(8-6-12)9-3-2-4-10-11-9/h2-4H,5-8H2,1H3. The second-order valence-corrected chi connectivity index (χ2v) is 3.37. The molecule has 0 atom stereocenters. The first-order chi connectivity index (χ1) is 6.36. The maximum absolute atomic E-state index is 4.08. The van der Waals surface area contributed by atoms with E-state index in [1.165, 1.54) is 0 Å². The van der Waals surface area contributed by atoms with Crippen LogP contribution in [-0.4, -0.2) is 48.3 Å². The molecule has 0 unspecified atom stereocenters. The molecule has 0 N–H and O–H groups in total. The van der Waals surface area contributed by atoms with Gasteiger partial charge >= 0.3 is 0 Å². The molecule has 0 bridgehead atoms. The Morgan fingerprint density at radius 2 is 2.00 bits per heavy atom. The fourth-order valence-corrected chi connectivity index (χ4v) is 1.50. The van der Waals surface area contributed by atoms with Crippen molar-refractivity contribution in [1.82, 2.24) is 15.1 Å². The molecule has 0 aromatic carbocycles. The van der Waals surface area contributed by atoms with Gasteiger partial charge in [-0.1, -0.05) is 0 Å². The minimum absolute atomic E-state index is 0.996. The molecule has 0 saturated carbocycles. The van der Waals surface area contributed by atoms with E-state index in [4.69, 9.17) is 0 Å². The summed E-state index contributed by atoms with van der Waals surface area (Å²) in [6.07, 6.45) is 1.71. The number of hydrogen-bond acceptors (Lipinski definition) is 4. The van der Waals surface area contributed by atoms with E-state index >= 15 is 0 Å². The zero-order valence-electron chi connectivity index (χ0n) is 7.85. The monoisotopic (exact) mass is 178 g/mol. The molecule has 1 saturated heterocycles. The maximum atomic E-state index is 4.08. The van der Waals surface area contributed by atoms with E-state index in [1.54, 1.807) is 6.20 Å². The molecular weight excluding hydrogens is 164 g/mol. The Bertz CT molecular complexity index is 254. The summed E-state index contributed by atoms with van der Waals surface area (Å²) in [6, 6.07) is 3.94. The topological polar surface area (TPSA) is 32.3 Å². The Morgan fingerprint density at radius 1 is 1.23 bits per heavy atom. The number of rotatable bonds is 1. The molecule has 0 aliphatic carbocycles. The Morgan fingerprint density at radius 3 is 2.62 bits per heavy atom. The average molecular weight is 178 g/mol. The Hall–Kier alpha value is -1.16. The highest BCUT2D eigenvalue weighted by molar-refractivity contribution is 5.36. The van der Waals surface area contributed by atoms with Gasteiger partial charge in [-0.25, -0.2) is 0 Å². The van der Waals surface area contributed by atoms with Crippen LogP contribution in [0.1, 0.15) is 0 Å². The van der Waals surface area contributed by atoms with Gasteiger partial charge in [0.1, 0.15) is 0 Å². The Balaban J connectivity index is 2.03. The third kappa shape index (κ3) is 1.95. The lowest BCUT2D eigenvalue weighted by Gasteiger charge is -2.32. The van der Waals surface area contributed by atoms with Crippen LogP contribution < -0.4 is 4.90 Å². The first-order valence-electron chi connectivity index (χ1n) is 4.57. The van der Waals surface area contributed by atoms with Gasteiger partial charge in [0.15, 0.2) is 5.82 Å². The normalized spacial score (nSPS) is 19.0. The molecule has 4 heteroatoms. The quantitative estimate of drug-likeness (QED) is 0.616. The molecular formula is C9H14N4. The van der Waals surface area contributed by atoms with E-state index in [2.05, 4.69) is 27.0 Å². The number of likely N-dealkylation sites (N-methyl/N-ethyl adjacent to an activating group) is 1. The Labute approximate surface area is 78.2 Å². The van der Waals surface area contributed by atoms with Gasteiger partial charge in [-0.2, -0.15) is 5.10 Å². The van der Waals surface area contributed by atoms with Crippen LogP contribution in [0.2, 0.25) is 0 Å². The average Bonchev–Trinajstić information content (AvgIpc) is 2.20. The summed E-state index contributed by atoms with van der Waals surface area (Å²) in [7, 11) is 2.15. The molecule has 1 aliphatic heterocycles. The van der Waals surface area contributed by atoms with E-state index in [1.807, 2.05) is 12.1 Å². The molecule has 2 rings (SSSR count). The molecule has 0 amide bonds. The number of piperazine rings is 1. The van der Waals surface area contributed by atoms with Crippen molar-refractivity contribution in [3.05, 3.63) is 18.3 Å². The smallest absolute Gasteiger partial charge is 0.151 e. The molecule has 1 aromatic heterocycles. The molecule has 1 fully saturated rings. The van der Waals surface area contributed by atoms with Crippen molar-refractivity contribution < 1.29 is 0 Å². The molecule has 2 heterocycles. The number of anilines is 1. The molecule has 4 nitrogen and oxygen atoms in total. The third-order valence-electron chi connectivity index (χ3n) is 2.39. The number of hydrogen-bond donors (Lipinski definition) is 0. The maximum Gasteiger partial charge on any atom is 0.151 e. The highest BCUT2D eigenvalue weighted by Crippen LogP contribution is 2.10. The summed E-state index contributed by atoms with van der Waals surface area (Å²) in [5, 5.41) is 7.96. The van der Waals surface area contributed by atoms with Crippen molar-refractivity contribution in [3.63, 3.8) is 0 Å². The second-order valence-electron chi connectivity index (χ2n) is 3.37. The van der Waals surface area contributed by atoms with Crippen molar-refractivity contribution in [2.24, 2.45) is 0 Å². The van der Waals surface area contributed by atoms with E-state index in [0.717, 1.165) is 32.0 Å². The van der Waals surface area contributed by atoms with Crippen LogP contribution >= 0.6 is 0 Å². The van der Waals surface area contributed by atoms with Crippen LogP contribution in [0.25, 0.3) is 0 Å². The van der Waals surface area contributed by atoms with Crippen molar-refractivity contribution in [3.8, 4) is 0 Å². The zero-order chi connectivity index (χ0) is 9.10. The van der Waals surface area contributed by atoms with E-state index in [9.17, 15) is 0 Å². The predicted octanol–water partition coefficient (Wildman–Crippen LogP) is 0.228. The third-order valence-corrected chi connectivity index (χ3v) is 2.39. The summed E-state index contributed by atoms with van der Waals surface area (Å²) in [4.78, 5) is 4.60. The zero-order valence-corrected chi connectivity index (χ0v) is 7.85. The highest BCUT2D eigenvalue weighted by Gasteiger charge is 2.14. The molecule has 0 radical (unpaired) electrons. The van der Waals surface area contributed by atoms with Gasteiger partial charge in [0, 0.05) is 32.4 Å². The first kappa shape index (κ1) is 8.44. The summed E-state index contributed by atoms with van der Waals surface area (Å²) >= 11 is 0. The minimum atomic E-state index is 0.996. The fourth-order valence-electron chi connectivity index (χ4n) is 1.50. The molecule has 1 aromatic rings. The molecule has 0 spiro atoms. The van der Waals surface area contributed by atoms with Gasteiger partial charge in [0.2, 0.25) is 0 Å². The van der Waals surface area contributed by atoms with Gasteiger partial charge in [-0.3, -0.25) is 0 Å². The van der Waals surface area contributed by atoms with Crippen molar-refractivity contribution in [2.75, 3.05) is 38.1 Å². The SMILES string of the molecule is CN1CCN(c2cccnn2)CC1. The minimum Gasteiger partial charge on any atom is -0.353 e. The van der Waals surface area contributed by atoms with Gasteiger partial charge in [-0.15, -0.1) is 5.10 Å². The molecule has 70 valence electrons. The Kier molecular flexibility index (Phi) is 2.40. The summed E-state index contributed by atoms with van der Waals surface area (Å²) in [5.74, 6) is 0.996. The van der Waals surface area contributed by atoms with Gasteiger partial charge < -0.3 is 9.80 Å². The van der Waals surface area contributed by atoms with Crippen LogP contribution in [0.4, 0.5) is 5.82 Å². The summed E-state index contributed by atoms with van der Waals surface area (Å²) < 4.78 is 0. The fraction of sp³-hybridized carbons (Fsp3) is 0.556. The van der Waals surface area contributed by atoms with Crippen molar-refractivity contribution in [2.45, 2.75) is 0 Å². The highest BCUT2D eigenvalue weighted by atomic mass is 15.3. The van der Waals surface area contributed by atoms with Crippen LogP contribution in [0.15, 0.2) is 18.3 Å². The van der Waals surface area contributed by atoms with Crippen LogP contribution in [0.5, 0.6) is 0 Å². The molecule has 13 heavy (non-hydrogen) atoms. The lowest BCUT2D eigenvalue weighted by atomic mass is 10.3. The van der Waals surface area contributed by atoms with Gasteiger partial charge in [0.05, 0.1) is 0 Å². The summed E-state index contributed by atoms with van der Waals surface area (Å²) in [5.41, 5.74) is 0. The van der Waals surface area contributed by atoms with Crippen molar-refractivity contribution in [1.29, 1.82) is 0 Å². The van der Waals surface area contributed by atoms with E-state index in [-0.39, 0.29) is 0 Å². The van der Waals surface area contributed by atoms with Crippen LogP contribution in [0, 0.1) is 0 Å². The van der Waals surface area contributed by atoms with E-state index < -0.39 is 0 Å². The lowest BCUT2D eigenvalue weighted by Crippen LogP contribution is -2.44. The van der Waals surface area contributed by atoms with Gasteiger partial charge in [0.25, 0.3) is 0 Å². The second kappa shape index (κ2) is 3.70. The largest absolute Gasteiger partial charge is 0.353 e. The number of aromatic nitrogens is 2. The van der Waals surface area contributed by atoms with Gasteiger partial charge in [-0.05, 0) is 19.2 Å². The van der Waals surface area contributed by atoms with Crippen molar-refractivity contribution >= 4 is 5.82 Å². The number of nitrogens with zero attached hydrogens (tertiary/aromatic N) is 4. The molecule has 1 aliphatic rings. The van der Waals surface area contributed by atoms with E-state index in [0.29, 0.717) is 0 Å². The van der Waals surface area contributed by atoms with Crippen LogP contribution in [0.3, 0.4) is 0 Å². The lowest BCUT2D eigenvalue weighted by molar-refractivity contribution is 0.312. The predicted molar refractivity (Wildman–Crippen MR) is 51.7 cm³/mol.